The average Bonchev–Trinajstić information content (AvgIpc) is 2.80. The van der Waals surface area contributed by atoms with E-state index in [1.54, 1.807) is 0 Å². The van der Waals surface area contributed by atoms with E-state index in [0.29, 0.717) is 12.5 Å². The van der Waals surface area contributed by atoms with Gasteiger partial charge in [-0.2, -0.15) is 0 Å². The largest absolute Gasteiger partial charge is 0.493 e. The van der Waals surface area contributed by atoms with Gasteiger partial charge in [0.15, 0.2) is 0 Å². The Hall–Kier alpha value is -1.61. The normalized spacial score (nSPS) is 17.4. The lowest BCUT2D eigenvalue weighted by atomic mass is 10.0. The number of hydrogen-bond donors (Lipinski definition) is 1. The summed E-state index contributed by atoms with van der Waals surface area (Å²) in [5, 5.41) is 0. The summed E-state index contributed by atoms with van der Waals surface area (Å²) in [5.74, 6) is 2.43. The van der Waals surface area contributed by atoms with Crippen LogP contribution in [-0.2, 0) is 0 Å². The Morgan fingerprint density at radius 2 is 2.06 bits per heavy atom. The molecule has 18 heavy (non-hydrogen) atoms. The smallest absolute Gasteiger partial charge is 0.121 e. The molecule has 0 bridgehead atoms. The van der Waals surface area contributed by atoms with Gasteiger partial charge in [0.1, 0.15) is 5.75 Å². The van der Waals surface area contributed by atoms with Crippen molar-refractivity contribution in [3.63, 3.8) is 0 Å². The number of anilines is 1. The molecule has 0 amide bonds. The minimum atomic E-state index is 0.479. The molecule has 3 heteroatoms. The van der Waals surface area contributed by atoms with Crippen molar-refractivity contribution in [1.29, 1.82) is 0 Å². The van der Waals surface area contributed by atoms with Gasteiger partial charge in [0.25, 0.3) is 0 Å². The highest BCUT2D eigenvalue weighted by Gasteiger charge is 2.23. The van der Waals surface area contributed by atoms with Crippen LogP contribution < -0.4 is 10.5 Å². The summed E-state index contributed by atoms with van der Waals surface area (Å²) in [7, 11) is 0. The monoisotopic (exact) mass is 257 g/mol. The predicted molar refractivity (Wildman–Crippen MR) is 76.3 cm³/mol. The Morgan fingerprint density at radius 1 is 1.17 bits per heavy atom. The third-order valence-corrected chi connectivity index (χ3v) is 4.36. The average molecular weight is 257 g/mol. The van der Waals surface area contributed by atoms with E-state index in [2.05, 4.69) is 24.3 Å². The first-order chi connectivity index (χ1) is 8.83. The van der Waals surface area contributed by atoms with Crippen LogP contribution in [0.15, 0.2) is 53.4 Å². The van der Waals surface area contributed by atoms with Crippen molar-refractivity contribution in [2.75, 3.05) is 18.1 Å². The van der Waals surface area contributed by atoms with E-state index in [-0.39, 0.29) is 0 Å². The third kappa shape index (κ3) is 2.31. The van der Waals surface area contributed by atoms with E-state index in [1.165, 1.54) is 10.5 Å². The van der Waals surface area contributed by atoms with Crippen molar-refractivity contribution in [2.45, 2.75) is 10.8 Å². The minimum absolute atomic E-state index is 0.479. The molecule has 0 saturated carbocycles. The molecule has 2 aromatic rings. The molecule has 3 rings (SSSR count). The maximum atomic E-state index is 5.83. The topological polar surface area (TPSA) is 35.2 Å². The van der Waals surface area contributed by atoms with Crippen LogP contribution in [0.1, 0.15) is 11.5 Å². The first-order valence-corrected chi connectivity index (χ1v) is 7.01. The van der Waals surface area contributed by atoms with Gasteiger partial charge in [-0.1, -0.05) is 24.3 Å². The third-order valence-electron chi connectivity index (χ3n) is 3.11. The number of ether oxygens (including phenoxy) is 1. The van der Waals surface area contributed by atoms with Crippen LogP contribution in [0.3, 0.4) is 0 Å². The lowest BCUT2D eigenvalue weighted by Crippen LogP contribution is -2.09. The van der Waals surface area contributed by atoms with Crippen molar-refractivity contribution in [2.24, 2.45) is 0 Å². The van der Waals surface area contributed by atoms with Gasteiger partial charge in [-0.05, 0) is 23.8 Å². The summed E-state index contributed by atoms with van der Waals surface area (Å²) in [5.41, 5.74) is 7.89. The second-order valence-corrected chi connectivity index (χ2v) is 5.49. The summed E-state index contributed by atoms with van der Waals surface area (Å²) in [6.07, 6.45) is 0. The van der Waals surface area contributed by atoms with Gasteiger partial charge in [-0.3, -0.25) is 0 Å². The van der Waals surface area contributed by atoms with Crippen LogP contribution in [0.5, 0.6) is 5.75 Å². The van der Waals surface area contributed by atoms with E-state index < -0.39 is 0 Å². The zero-order chi connectivity index (χ0) is 12.4. The van der Waals surface area contributed by atoms with Crippen LogP contribution in [0.4, 0.5) is 5.69 Å². The van der Waals surface area contributed by atoms with Crippen molar-refractivity contribution >= 4 is 17.4 Å². The summed E-state index contributed by atoms with van der Waals surface area (Å²) in [4.78, 5) is 1.39. The molecule has 1 aliphatic rings. The van der Waals surface area contributed by atoms with Crippen molar-refractivity contribution in [1.82, 2.24) is 0 Å². The zero-order valence-corrected chi connectivity index (χ0v) is 10.8. The van der Waals surface area contributed by atoms with Crippen LogP contribution in [0, 0.1) is 0 Å². The minimum Gasteiger partial charge on any atom is -0.493 e. The Kier molecular flexibility index (Phi) is 3.15. The molecular formula is C15H15NOS. The van der Waals surface area contributed by atoms with Gasteiger partial charge in [-0.15, -0.1) is 11.8 Å². The molecule has 0 saturated heterocycles. The number of rotatable bonds is 3. The molecule has 0 aliphatic carbocycles. The highest BCUT2D eigenvalue weighted by Crippen LogP contribution is 2.39. The van der Waals surface area contributed by atoms with Crippen LogP contribution in [0.25, 0.3) is 0 Å². The first kappa shape index (κ1) is 11.5. The number of hydrogen-bond acceptors (Lipinski definition) is 3. The molecule has 1 aliphatic heterocycles. The first-order valence-electron chi connectivity index (χ1n) is 6.03. The fraction of sp³-hybridized carbons (Fsp3) is 0.200. The second-order valence-electron chi connectivity index (χ2n) is 4.43. The molecule has 0 radical (unpaired) electrons. The summed E-state index contributed by atoms with van der Waals surface area (Å²) in [6, 6.07) is 16.2. The summed E-state index contributed by atoms with van der Waals surface area (Å²) >= 11 is 1.91. The van der Waals surface area contributed by atoms with Gasteiger partial charge in [-0.25, -0.2) is 0 Å². The molecule has 0 spiro atoms. The van der Waals surface area contributed by atoms with Crippen LogP contribution in [0.2, 0.25) is 0 Å². The Labute approximate surface area is 111 Å². The Morgan fingerprint density at radius 3 is 2.94 bits per heavy atom. The molecule has 2 aromatic carbocycles. The highest BCUT2D eigenvalue weighted by atomic mass is 32.2. The molecule has 0 aromatic heterocycles. The SMILES string of the molecule is Nc1cccc(OCC2CSc3ccccc32)c1. The van der Waals surface area contributed by atoms with Crippen LogP contribution >= 0.6 is 11.8 Å². The quantitative estimate of drug-likeness (QED) is 0.854. The Balaban J connectivity index is 1.69. The standard InChI is InChI=1S/C15H15NOS/c16-12-4-3-5-13(8-12)17-9-11-10-18-15-7-2-1-6-14(11)15/h1-8,11H,9-10,16H2. The molecule has 1 atom stereocenters. The molecule has 0 fully saturated rings. The second kappa shape index (κ2) is 4.94. The summed E-state index contributed by atoms with van der Waals surface area (Å²) < 4.78 is 5.83. The highest BCUT2D eigenvalue weighted by molar-refractivity contribution is 7.99. The van der Waals surface area contributed by atoms with Gasteiger partial charge in [0.05, 0.1) is 6.61 Å². The van der Waals surface area contributed by atoms with Crippen LogP contribution in [-0.4, -0.2) is 12.4 Å². The van der Waals surface area contributed by atoms with Gasteiger partial charge in [0, 0.05) is 28.3 Å². The number of benzene rings is 2. The van der Waals surface area contributed by atoms with E-state index in [0.717, 1.165) is 17.2 Å². The maximum absolute atomic E-state index is 5.83. The van der Waals surface area contributed by atoms with Crippen molar-refractivity contribution < 1.29 is 4.74 Å². The van der Waals surface area contributed by atoms with Crippen molar-refractivity contribution in [3.05, 3.63) is 54.1 Å². The van der Waals surface area contributed by atoms with E-state index >= 15 is 0 Å². The molecule has 2 nitrogen and oxygen atoms in total. The predicted octanol–water partition coefficient (Wildman–Crippen LogP) is 3.54. The molecule has 1 unspecified atom stereocenters. The van der Waals surface area contributed by atoms with Gasteiger partial charge in [0.2, 0.25) is 0 Å². The molecular weight excluding hydrogens is 242 g/mol. The summed E-state index contributed by atoms with van der Waals surface area (Å²) in [6.45, 7) is 0.716. The number of fused-ring (bicyclic) bond motifs is 1. The van der Waals surface area contributed by atoms with Gasteiger partial charge < -0.3 is 10.5 Å². The van der Waals surface area contributed by atoms with E-state index in [1.807, 2.05) is 36.0 Å². The molecule has 2 N–H and O–H groups in total. The lowest BCUT2D eigenvalue weighted by Gasteiger charge is -2.12. The Bertz CT molecular complexity index is 556. The number of nitrogen functional groups attached to an aromatic ring is 1. The van der Waals surface area contributed by atoms with E-state index in [9.17, 15) is 0 Å². The zero-order valence-electron chi connectivity index (χ0n) is 10.0. The fourth-order valence-corrected chi connectivity index (χ4v) is 3.40. The lowest BCUT2D eigenvalue weighted by molar-refractivity contribution is 0.298. The molecule has 1 heterocycles. The molecule has 92 valence electrons. The fourth-order valence-electron chi connectivity index (χ4n) is 2.17. The number of thioether (sulfide) groups is 1. The van der Waals surface area contributed by atoms with Crippen molar-refractivity contribution in [3.8, 4) is 5.75 Å². The van der Waals surface area contributed by atoms with E-state index in [4.69, 9.17) is 10.5 Å². The maximum Gasteiger partial charge on any atom is 0.121 e. The number of nitrogens with two attached hydrogens (primary N) is 1. The van der Waals surface area contributed by atoms with Gasteiger partial charge >= 0.3 is 0 Å².